The van der Waals surface area contributed by atoms with Gasteiger partial charge in [-0.1, -0.05) is 0 Å². The summed E-state index contributed by atoms with van der Waals surface area (Å²) in [6.45, 7) is 3.42. The van der Waals surface area contributed by atoms with Crippen molar-refractivity contribution in [3.8, 4) is 0 Å². The quantitative estimate of drug-likeness (QED) is 0.346. The van der Waals surface area contributed by atoms with Crippen molar-refractivity contribution in [2.75, 3.05) is 18.8 Å². The van der Waals surface area contributed by atoms with Crippen LogP contribution in [0, 0.1) is 0 Å². The molecule has 1 unspecified atom stereocenters. The van der Waals surface area contributed by atoms with Crippen LogP contribution in [0.5, 0.6) is 0 Å². The average molecular weight is 247 g/mol. The van der Waals surface area contributed by atoms with Crippen molar-refractivity contribution >= 4 is 30.4 Å². The summed E-state index contributed by atoms with van der Waals surface area (Å²) in [4.78, 5) is 32.8. The van der Waals surface area contributed by atoms with E-state index in [1.165, 1.54) is 13.8 Å². The van der Waals surface area contributed by atoms with Crippen LogP contribution in [0.4, 0.5) is 0 Å². The molecule has 7 heteroatoms. The Morgan fingerprint density at radius 2 is 1.62 bits per heavy atom. The van der Waals surface area contributed by atoms with Gasteiger partial charge >= 0.3 is 0 Å². The number of carbonyl (C=O) groups is 3. The monoisotopic (exact) mass is 247 g/mol. The van der Waals surface area contributed by atoms with Gasteiger partial charge in [-0.25, -0.2) is 0 Å². The zero-order valence-electron chi connectivity index (χ0n) is 9.37. The van der Waals surface area contributed by atoms with Gasteiger partial charge in [0.05, 0.1) is 0 Å². The van der Waals surface area contributed by atoms with E-state index in [1.807, 2.05) is 0 Å². The van der Waals surface area contributed by atoms with Crippen molar-refractivity contribution in [2.24, 2.45) is 0 Å². The third kappa shape index (κ3) is 7.10. The minimum absolute atomic E-state index is 0.151. The van der Waals surface area contributed by atoms with E-state index in [9.17, 15) is 14.4 Å². The highest BCUT2D eigenvalue weighted by molar-refractivity contribution is 7.80. The lowest BCUT2D eigenvalue weighted by Crippen LogP contribution is -2.48. The molecule has 0 aromatic rings. The van der Waals surface area contributed by atoms with Crippen LogP contribution in [-0.2, 0) is 14.4 Å². The van der Waals surface area contributed by atoms with E-state index in [1.54, 1.807) is 0 Å². The lowest BCUT2D eigenvalue weighted by atomic mass is 10.3. The third-order valence-electron chi connectivity index (χ3n) is 1.67. The highest BCUT2D eigenvalue weighted by Gasteiger charge is 2.16. The van der Waals surface area contributed by atoms with Gasteiger partial charge < -0.3 is 16.0 Å². The molecule has 3 N–H and O–H groups in total. The average Bonchev–Trinajstić information content (AvgIpc) is 2.20. The second-order valence-corrected chi connectivity index (χ2v) is 3.57. The van der Waals surface area contributed by atoms with Crippen LogP contribution in [0.15, 0.2) is 0 Å². The Hall–Kier alpha value is -1.24. The third-order valence-corrected chi connectivity index (χ3v) is 2.04. The van der Waals surface area contributed by atoms with E-state index >= 15 is 0 Å². The number of thiol groups is 1. The molecule has 0 aliphatic carbocycles. The standard InChI is InChI=1S/C9H17N3O3S/c1-6(13)10-3-4-11-9(15)8(5-16)12-7(2)14/h8,16H,3-5H2,1-2H3,(H,10,13)(H,11,15)(H,12,14). The van der Waals surface area contributed by atoms with Gasteiger partial charge in [0.1, 0.15) is 6.04 Å². The van der Waals surface area contributed by atoms with E-state index in [-0.39, 0.29) is 23.5 Å². The second kappa shape index (κ2) is 7.98. The summed E-state index contributed by atoms with van der Waals surface area (Å²) < 4.78 is 0. The molecule has 0 bridgehead atoms. The highest BCUT2D eigenvalue weighted by Crippen LogP contribution is 1.88. The Morgan fingerprint density at radius 3 is 2.06 bits per heavy atom. The first-order valence-corrected chi connectivity index (χ1v) is 5.50. The summed E-state index contributed by atoms with van der Waals surface area (Å²) in [6.07, 6.45) is 0. The molecular formula is C9H17N3O3S. The number of hydrogen-bond acceptors (Lipinski definition) is 4. The fourth-order valence-electron chi connectivity index (χ4n) is 0.987. The van der Waals surface area contributed by atoms with Crippen molar-refractivity contribution in [3.05, 3.63) is 0 Å². The van der Waals surface area contributed by atoms with E-state index in [4.69, 9.17) is 0 Å². The van der Waals surface area contributed by atoms with Gasteiger partial charge in [-0.3, -0.25) is 14.4 Å². The fourth-order valence-corrected chi connectivity index (χ4v) is 1.24. The van der Waals surface area contributed by atoms with Crippen LogP contribution in [0.3, 0.4) is 0 Å². The van der Waals surface area contributed by atoms with Crippen molar-refractivity contribution in [1.82, 2.24) is 16.0 Å². The molecule has 92 valence electrons. The van der Waals surface area contributed by atoms with Crippen molar-refractivity contribution in [1.29, 1.82) is 0 Å². The molecule has 0 aliphatic rings. The van der Waals surface area contributed by atoms with Crippen LogP contribution in [0.25, 0.3) is 0 Å². The Kier molecular flexibility index (Phi) is 7.36. The van der Waals surface area contributed by atoms with Gasteiger partial charge in [0.2, 0.25) is 17.7 Å². The molecule has 6 nitrogen and oxygen atoms in total. The minimum Gasteiger partial charge on any atom is -0.355 e. The lowest BCUT2D eigenvalue weighted by Gasteiger charge is -2.15. The Labute approximate surface area is 99.9 Å². The van der Waals surface area contributed by atoms with Gasteiger partial charge in [-0.15, -0.1) is 0 Å². The zero-order valence-corrected chi connectivity index (χ0v) is 10.3. The van der Waals surface area contributed by atoms with Crippen LogP contribution < -0.4 is 16.0 Å². The van der Waals surface area contributed by atoms with Gasteiger partial charge in [-0.05, 0) is 0 Å². The molecule has 0 spiro atoms. The molecule has 16 heavy (non-hydrogen) atoms. The first kappa shape index (κ1) is 14.8. The fraction of sp³-hybridized carbons (Fsp3) is 0.667. The topological polar surface area (TPSA) is 87.3 Å². The second-order valence-electron chi connectivity index (χ2n) is 3.21. The maximum atomic E-state index is 11.5. The molecule has 1 atom stereocenters. The predicted molar refractivity (Wildman–Crippen MR) is 63.2 cm³/mol. The summed E-state index contributed by atoms with van der Waals surface area (Å²) >= 11 is 3.96. The Morgan fingerprint density at radius 1 is 1.06 bits per heavy atom. The zero-order chi connectivity index (χ0) is 12.6. The highest BCUT2D eigenvalue weighted by atomic mass is 32.1. The molecule has 0 aliphatic heterocycles. The predicted octanol–water partition coefficient (Wildman–Crippen LogP) is -1.33. The summed E-state index contributed by atoms with van der Waals surface area (Å²) in [6, 6.07) is -0.641. The molecule has 0 aromatic heterocycles. The van der Waals surface area contributed by atoms with Gasteiger partial charge in [0.25, 0.3) is 0 Å². The first-order valence-electron chi connectivity index (χ1n) is 4.87. The first-order chi connectivity index (χ1) is 7.47. The maximum Gasteiger partial charge on any atom is 0.243 e. The lowest BCUT2D eigenvalue weighted by molar-refractivity contribution is -0.127. The number of nitrogens with one attached hydrogen (secondary N) is 3. The van der Waals surface area contributed by atoms with E-state index in [0.29, 0.717) is 13.1 Å². The summed E-state index contributed by atoms with van der Waals surface area (Å²) in [5.41, 5.74) is 0. The molecule has 0 aromatic carbocycles. The molecule has 0 fully saturated rings. The van der Waals surface area contributed by atoms with Gasteiger partial charge in [-0.2, -0.15) is 12.6 Å². The van der Waals surface area contributed by atoms with E-state index in [2.05, 4.69) is 28.6 Å². The molecule has 0 rings (SSSR count). The molecular weight excluding hydrogens is 230 g/mol. The summed E-state index contributed by atoms with van der Waals surface area (Å²) in [5.74, 6) is -0.514. The molecule has 3 amide bonds. The SMILES string of the molecule is CC(=O)NCCNC(=O)C(CS)NC(C)=O. The number of hydrogen-bond donors (Lipinski definition) is 4. The normalized spacial score (nSPS) is 11.4. The number of amides is 3. The molecule has 0 heterocycles. The summed E-state index contributed by atoms with van der Waals surface area (Å²) in [5, 5.41) is 7.58. The largest absolute Gasteiger partial charge is 0.355 e. The summed E-state index contributed by atoms with van der Waals surface area (Å²) in [7, 11) is 0. The molecule has 0 saturated heterocycles. The van der Waals surface area contributed by atoms with Crippen LogP contribution in [-0.4, -0.2) is 42.6 Å². The van der Waals surface area contributed by atoms with Crippen LogP contribution in [0.1, 0.15) is 13.8 Å². The van der Waals surface area contributed by atoms with Crippen LogP contribution >= 0.6 is 12.6 Å². The van der Waals surface area contributed by atoms with Crippen molar-refractivity contribution < 1.29 is 14.4 Å². The smallest absolute Gasteiger partial charge is 0.243 e. The molecule has 0 saturated carbocycles. The van der Waals surface area contributed by atoms with Crippen molar-refractivity contribution in [2.45, 2.75) is 19.9 Å². The van der Waals surface area contributed by atoms with Gasteiger partial charge in [0.15, 0.2) is 0 Å². The maximum absolute atomic E-state index is 11.5. The minimum atomic E-state index is -0.641. The molecule has 0 radical (unpaired) electrons. The van der Waals surface area contributed by atoms with E-state index in [0.717, 1.165) is 0 Å². The van der Waals surface area contributed by atoms with Crippen LogP contribution in [0.2, 0.25) is 0 Å². The number of rotatable bonds is 6. The Balaban J connectivity index is 3.84. The van der Waals surface area contributed by atoms with Crippen molar-refractivity contribution in [3.63, 3.8) is 0 Å². The Bertz CT molecular complexity index is 271. The van der Waals surface area contributed by atoms with Gasteiger partial charge in [0, 0.05) is 32.7 Å². The number of carbonyl (C=O) groups excluding carboxylic acids is 3. The van der Waals surface area contributed by atoms with E-state index < -0.39 is 6.04 Å².